The Morgan fingerprint density at radius 3 is 2.17 bits per heavy atom. The predicted molar refractivity (Wildman–Crippen MR) is 104 cm³/mol. The zero-order chi connectivity index (χ0) is 21.9. The molecular formula is C21H16F3N3O3. The van der Waals surface area contributed by atoms with Gasteiger partial charge in [0.2, 0.25) is 5.91 Å². The molecule has 0 atom stereocenters. The van der Waals surface area contributed by atoms with Gasteiger partial charge in [-0.2, -0.15) is 13.2 Å². The molecule has 0 aliphatic heterocycles. The van der Waals surface area contributed by atoms with Crippen molar-refractivity contribution >= 4 is 17.5 Å². The maximum atomic E-state index is 12.7. The molecule has 3 aromatic rings. The molecule has 0 aliphatic rings. The van der Waals surface area contributed by atoms with Crippen molar-refractivity contribution in [2.45, 2.75) is 12.7 Å². The smallest absolute Gasteiger partial charge is 0.366 e. The van der Waals surface area contributed by atoms with Crippen LogP contribution in [0.2, 0.25) is 0 Å². The minimum atomic E-state index is -4.44. The largest absolute Gasteiger partial charge is 0.416 e. The van der Waals surface area contributed by atoms with Gasteiger partial charge in [-0.1, -0.05) is 12.1 Å². The third-order valence-corrected chi connectivity index (χ3v) is 4.33. The van der Waals surface area contributed by atoms with Crippen LogP contribution in [0.15, 0.2) is 71.7 Å². The van der Waals surface area contributed by atoms with E-state index in [2.05, 4.69) is 5.32 Å². The molecule has 0 radical (unpaired) electrons. The van der Waals surface area contributed by atoms with Crippen LogP contribution in [0.1, 0.15) is 31.8 Å². The van der Waals surface area contributed by atoms with E-state index < -0.39 is 29.1 Å². The standard InChI is InChI=1S/C21H16F3N3O3/c22-21(23,24)15-7-3-13(4-8-15)12-27-11-1-2-17(20(27)30)19(29)26-16-9-5-14(6-10-16)18(25)28/h1-11H,12H2,(H2,25,28)(H,26,29). The Labute approximate surface area is 168 Å². The number of amides is 2. The highest BCUT2D eigenvalue weighted by Gasteiger charge is 2.29. The molecule has 0 bridgehead atoms. The van der Waals surface area contributed by atoms with Crippen molar-refractivity contribution in [3.63, 3.8) is 0 Å². The first kappa shape index (κ1) is 20.8. The quantitative estimate of drug-likeness (QED) is 0.670. The Hall–Kier alpha value is -3.88. The second kappa shape index (κ2) is 8.24. The second-order valence-electron chi connectivity index (χ2n) is 6.45. The molecule has 9 heteroatoms. The topological polar surface area (TPSA) is 94.2 Å². The number of rotatable bonds is 5. The van der Waals surface area contributed by atoms with Gasteiger partial charge in [0.05, 0.1) is 12.1 Å². The van der Waals surface area contributed by atoms with Crippen molar-refractivity contribution in [2.24, 2.45) is 5.73 Å². The lowest BCUT2D eigenvalue weighted by Gasteiger charge is -2.11. The molecule has 0 unspecified atom stereocenters. The van der Waals surface area contributed by atoms with E-state index in [4.69, 9.17) is 5.73 Å². The van der Waals surface area contributed by atoms with E-state index in [-0.39, 0.29) is 17.7 Å². The van der Waals surface area contributed by atoms with Crippen LogP contribution in [-0.4, -0.2) is 16.4 Å². The van der Waals surface area contributed by atoms with E-state index in [1.807, 2.05) is 0 Å². The maximum absolute atomic E-state index is 12.7. The van der Waals surface area contributed by atoms with Crippen molar-refractivity contribution < 1.29 is 22.8 Å². The van der Waals surface area contributed by atoms with Crippen LogP contribution in [-0.2, 0) is 12.7 Å². The van der Waals surface area contributed by atoms with E-state index in [1.165, 1.54) is 59.3 Å². The molecule has 1 aromatic heterocycles. The van der Waals surface area contributed by atoms with Gasteiger partial charge in [-0.25, -0.2) is 0 Å². The lowest BCUT2D eigenvalue weighted by Crippen LogP contribution is -2.29. The summed E-state index contributed by atoms with van der Waals surface area (Å²) in [7, 11) is 0. The van der Waals surface area contributed by atoms with Gasteiger partial charge in [0.1, 0.15) is 5.56 Å². The molecule has 0 saturated carbocycles. The fraction of sp³-hybridized carbons (Fsp3) is 0.0952. The Kier molecular flexibility index (Phi) is 5.72. The zero-order valence-corrected chi connectivity index (χ0v) is 15.4. The van der Waals surface area contributed by atoms with E-state index in [0.29, 0.717) is 11.3 Å². The molecule has 0 saturated heterocycles. The van der Waals surface area contributed by atoms with Gasteiger partial charge in [0, 0.05) is 17.4 Å². The number of carbonyl (C=O) groups excluding carboxylic acids is 2. The van der Waals surface area contributed by atoms with E-state index in [9.17, 15) is 27.6 Å². The monoisotopic (exact) mass is 415 g/mol. The molecule has 0 spiro atoms. The molecule has 3 N–H and O–H groups in total. The summed E-state index contributed by atoms with van der Waals surface area (Å²) < 4.78 is 39.2. The minimum absolute atomic E-state index is 0.00536. The number of nitrogens with one attached hydrogen (secondary N) is 1. The zero-order valence-electron chi connectivity index (χ0n) is 15.4. The first-order chi connectivity index (χ1) is 14.1. The predicted octanol–water partition coefficient (Wildman–Crippen LogP) is 3.27. The average Bonchev–Trinajstić information content (AvgIpc) is 2.69. The molecule has 1 heterocycles. The number of nitrogens with two attached hydrogens (primary N) is 1. The van der Waals surface area contributed by atoms with Crippen molar-refractivity contribution in [2.75, 3.05) is 5.32 Å². The summed E-state index contributed by atoms with van der Waals surface area (Å²) in [6.07, 6.45) is -3.00. The number of primary amides is 1. The van der Waals surface area contributed by atoms with Gasteiger partial charge in [-0.15, -0.1) is 0 Å². The highest BCUT2D eigenvalue weighted by molar-refractivity contribution is 6.04. The third-order valence-electron chi connectivity index (χ3n) is 4.33. The summed E-state index contributed by atoms with van der Waals surface area (Å²) in [5.41, 5.74) is 4.76. The number of hydrogen-bond acceptors (Lipinski definition) is 3. The minimum Gasteiger partial charge on any atom is -0.366 e. The molecular weight excluding hydrogens is 399 g/mol. The fourth-order valence-electron chi connectivity index (χ4n) is 2.75. The Balaban J connectivity index is 1.78. The molecule has 2 aromatic carbocycles. The summed E-state index contributed by atoms with van der Waals surface area (Å²) in [5, 5.41) is 2.55. The number of carbonyl (C=O) groups is 2. The van der Waals surface area contributed by atoms with E-state index >= 15 is 0 Å². The summed E-state index contributed by atoms with van der Waals surface area (Å²) in [4.78, 5) is 36.2. The normalized spacial score (nSPS) is 11.2. The summed E-state index contributed by atoms with van der Waals surface area (Å²) in [6.45, 7) is 0.00536. The summed E-state index contributed by atoms with van der Waals surface area (Å²) in [5.74, 6) is -1.27. The molecule has 30 heavy (non-hydrogen) atoms. The maximum Gasteiger partial charge on any atom is 0.416 e. The Bertz CT molecular complexity index is 1140. The number of nitrogens with zero attached hydrogens (tertiary/aromatic N) is 1. The molecule has 6 nitrogen and oxygen atoms in total. The van der Waals surface area contributed by atoms with Crippen LogP contribution in [0.5, 0.6) is 0 Å². The van der Waals surface area contributed by atoms with Crippen LogP contribution >= 0.6 is 0 Å². The average molecular weight is 415 g/mol. The lowest BCUT2D eigenvalue weighted by atomic mass is 10.1. The van der Waals surface area contributed by atoms with Crippen LogP contribution in [0.3, 0.4) is 0 Å². The van der Waals surface area contributed by atoms with Gasteiger partial charge >= 0.3 is 6.18 Å². The van der Waals surface area contributed by atoms with Crippen LogP contribution in [0, 0.1) is 0 Å². The second-order valence-corrected chi connectivity index (χ2v) is 6.45. The molecule has 2 amide bonds. The van der Waals surface area contributed by atoms with Crippen LogP contribution < -0.4 is 16.6 Å². The lowest BCUT2D eigenvalue weighted by molar-refractivity contribution is -0.137. The van der Waals surface area contributed by atoms with Crippen LogP contribution in [0.25, 0.3) is 0 Å². The first-order valence-corrected chi connectivity index (χ1v) is 8.72. The number of aromatic nitrogens is 1. The number of pyridine rings is 1. The van der Waals surface area contributed by atoms with Gasteiger partial charge < -0.3 is 15.6 Å². The fourth-order valence-corrected chi connectivity index (χ4v) is 2.75. The van der Waals surface area contributed by atoms with Crippen molar-refractivity contribution in [3.8, 4) is 0 Å². The molecule has 154 valence electrons. The Morgan fingerprint density at radius 2 is 1.60 bits per heavy atom. The SMILES string of the molecule is NC(=O)c1ccc(NC(=O)c2cccn(Cc3ccc(C(F)(F)F)cc3)c2=O)cc1. The molecule has 3 rings (SSSR count). The van der Waals surface area contributed by atoms with E-state index in [0.717, 1.165) is 12.1 Å². The first-order valence-electron chi connectivity index (χ1n) is 8.72. The van der Waals surface area contributed by atoms with Crippen molar-refractivity contribution in [1.29, 1.82) is 0 Å². The van der Waals surface area contributed by atoms with E-state index in [1.54, 1.807) is 0 Å². The van der Waals surface area contributed by atoms with Gasteiger partial charge in [0.25, 0.3) is 11.5 Å². The van der Waals surface area contributed by atoms with Crippen molar-refractivity contribution in [1.82, 2.24) is 4.57 Å². The van der Waals surface area contributed by atoms with Crippen molar-refractivity contribution in [3.05, 3.63) is 99.5 Å². The van der Waals surface area contributed by atoms with Gasteiger partial charge in [0.15, 0.2) is 0 Å². The number of halogens is 3. The van der Waals surface area contributed by atoms with Crippen LogP contribution in [0.4, 0.5) is 18.9 Å². The highest BCUT2D eigenvalue weighted by Crippen LogP contribution is 2.29. The summed E-state index contributed by atoms with van der Waals surface area (Å²) >= 11 is 0. The number of anilines is 1. The summed E-state index contributed by atoms with van der Waals surface area (Å²) in [6, 6.07) is 13.1. The van der Waals surface area contributed by atoms with Gasteiger partial charge in [-0.3, -0.25) is 14.4 Å². The molecule has 0 aliphatic carbocycles. The highest BCUT2D eigenvalue weighted by atomic mass is 19.4. The Morgan fingerprint density at radius 1 is 0.967 bits per heavy atom. The third kappa shape index (κ3) is 4.75. The number of benzene rings is 2. The molecule has 0 fully saturated rings. The number of alkyl halides is 3. The van der Waals surface area contributed by atoms with Gasteiger partial charge in [-0.05, 0) is 54.1 Å². The number of hydrogen-bond donors (Lipinski definition) is 2.